The quantitative estimate of drug-likeness (QED) is 0.0205. The molecule has 0 aliphatic rings. The van der Waals surface area contributed by atoms with Crippen molar-refractivity contribution in [3.05, 3.63) is 36.5 Å². The fourth-order valence-corrected chi connectivity index (χ4v) is 8.84. The standard InChI is InChI=1S/C57H109N2O7P/c1-7-10-13-16-19-22-25-28-30-31-34-37-40-43-46-49-56(60)58-54(53-65-67(62,63)64-52-51-59(4,5)6)55(48-45-42-39-36-33-27-24-21-18-15-12-9-3)66-57(61)50-47-44-41-38-35-32-29-26-23-20-17-14-11-8-2/h22,25,32,35,45,48,54-55H,7-21,23-24,26-31,33-34,36-44,46-47,49-53H2,1-6H3,(H-,58,60,62,63)/p+1/b25-22-,35-32-,48-45+. The molecule has 0 spiro atoms. The molecule has 394 valence electrons. The van der Waals surface area contributed by atoms with Crippen molar-refractivity contribution >= 4 is 19.7 Å². The first-order valence-electron chi connectivity index (χ1n) is 28.3. The molecule has 3 atom stereocenters. The second kappa shape index (κ2) is 47.9. The Morgan fingerprint density at radius 1 is 0.507 bits per heavy atom. The molecule has 0 aliphatic heterocycles. The number of nitrogens with zero attached hydrogens (tertiary/aromatic N) is 1. The number of carbonyl (C=O) groups is 2. The van der Waals surface area contributed by atoms with Gasteiger partial charge in [0.1, 0.15) is 19.3 Å². The first-order chi connectivity index (χ1) is 32.4. The lowest BCUT2D eigenvalue weighted by Gasteiger charge is -2.27. The summed E-state index contributed by atoms with van der Waals surface area (Å²) in [5.41, 5.74) is 0. The van der Waals surface area contributed by atoms with Gasteiger partial charge in [-0.05, 0) is 83.1 Å². The second-order valence-electron chi connectivity index (χ2n) is 20.5. The van der Waals surface area contributed by atoms with Crippen LogP contribution in [0.5, 0.6) is 0 Å². The number of nitrogens with one attached hydrogen (secondary N) is 1. The van der Waals surface area contributed by atoms with Crippen LogP contribution in [0.3, 0.4) is 0 Å². The van der Waals surface area contributed by atoms with E-state index >= 15 is 0 Å². The number of phosphoric ester groups is 1. The number of hydrogen-bond acceptors (Lipinski definition) is 6. The maximum atomic E-state index is 13.5. The van der Waals surface area contributed by atoms with Gasteiger partial charge in [-0.2, -0.15) is 0 Å². The third-order valence-electron chi connectivity index (χ3n) is 12.6. The van der Waals surface area contributed by atoms with Gasteiger partial charge in [-0.15, -0.1) is 0 Å². The van der Waals surface area contributed by atoms with Gasteiger partial charge < -0.3 is 19.4 Å². The number of amides is 1. The molecule has 10 heteroatoms. The minimum absolute atomic E-state index is 0.0384. The minimum Gasteiger partial charge on any atom is -0.456 e. The van der Waals surface area contributed by atoms with E-state index in [0.717, 1.165) is 83.5 Å². The van der Waals surface area contributed by atoms with E-state index in [1.54, 1.807) is 0 Å². The van der Waals surface area contributed by atoms with Gasteiger partial charge in [0.25, 0.3) is 0 Å². The van der Waals surface area contributed by atoms with Crippen molar-refractivity contribution in [2.45, 2.75) is 277 Å². The zero-order chi connectivity index (χ0) is 49.4. The van der Waals surface area contributed by atoms with Crippen LogP contribution >= 0.6 is 7.82 Å². The van der Waals surface area contributed by atoms with E-state index in [1.807, 2.05) is 33.3 Å². The summed E-state index contributed by atoms with van der Waals surface area (Å²) in [6.45, 7) is 6.99. The zero-order valence-corrected chi connectivity index (χ0v) is 45.8. The Hall–Kier alpha value is -1.77. The van der Waals surface area contributed by atoms with E-state index in [-0.39, 0.29) is 31.5 Å². The van der Waals surface area contributed by atoms with Gasteiger partial charge in [0.05, 0.1) is 33.8 Å². The normalized spacial score (nSPS) is 14.1. The number of allylic oxidation sites excluding steroid dienone is 5. The van der Waals surface area contributed by atoms with Gasteiger partial charge in [0.15, 0.2) is 0 Å². The lowest BCUT2D eigenvalue weighted by atomic mass is 10.0. The van der Waals surface area contributed by atoms with Gasteiger partial charge >= 0.3 is 13.8 Å². The molecule has 0 aliphatic carbocycles. The van der Waals surface area contributed by atoms with Crippen molar-refractivity contribution in [1.29, 1.82) is 0 Å². The predicted molar refractivity (Wildman–Crippen MR) is 286 cm³/mol. The number of rotatable bonds is 51. The molecule has 67 heavy (non-hydrogen) atoms. The summed E-state index contributed by atoms with van der Waals surface area (Å²) in [5.74, 6) is -0.523. The highest BCUT2D eigenvalue weighted by Crippen LogP contribution is 2.43. The van der Waals surface area contributed by atoms with Gasteiger partial charge in [-0.1, -0.05) is 205 Å². The molecule has 2 N–H and O–H groups in total. The van der Waals surface area contributed by atoms with E-state index in [4.69, 9.17) is 13.8 Å². The third-order valence-corrected chi connectivity index (χ3v) is 13.5. The summed E-state index contributed by atoms with van der Waals surface area (Å²) in [6.07, 6.45) is 55.6. The van der Waals surface area contributed by atoms with Crippen LogP contribution in [-0.4, -0.2) is 74.3 Å². The predicted octanol–water partition coefficient (Wildman–Crippen LogP) is 16.8. The third kappa shape index (κ3) is 49.0. The lowest BCUT2D eigenvalue weighted by Crippen LogP contribution is -2.47. The number of ether oxygens (including phenoxy) is 1. The molecule has 1 amide bonds. The summed E-state index contributed by atoms with van der Waals surface area (Å²) in [5, 5.41) is 3.04. The molecule has 0 aromatic rings. The van der Waals surface area contributed by atoms with E-state index < -0.39 is 20.0 Å². The van der Waals surface area contributed by atoms with Crippen LogP contribution in [0.25, 0.3) is 0 Å². The fourth-order valence-electron chi connectivity index (χ4n) is 8.11. The van der Waals surface area contributed by atoms with Gasteiger partial charge in [-0.25, -0.2) is 4.57 Å². The monoisotopic (exact) mass is 966 g/mol. The van der Waals surface area contributed by atoms with Crippen LogP contribution < -0.4 is 5.32 Å². The summed E-state index contributed by atoms with van der Waals surface area (Å²) in [4.78, 5) is 37.5. The van der Waals surface area contributed by atoms with Crippen LogP contribution in [-0.2, 0) is 27.9 Å². The molecule has 0 radical (unpaired) electrons. The number of phosphoric acid groups is 1. The van der Waals surface area contributed by atoms with Crippen molar-refractivity contribution in [3.8, 4) is 0 Å². The molecule has 3 unspecified atom stereocenters. The fraction of sp³-hybridized carbons (Fsp3) is 0.860. The Balaban J connectivity index is 5.39. The number of esters is 1. The Labute approximate surface area is 415 Å². The zero-order valence-electron chi connectivity index (χ0n) is 44.9. The highest BCUT2D eigenvalue weighted by atomic mass is 31.2. The van der Waals surface area contributed by atoms with Crippen molar-refractivity contribution in [2.75, 3.05) is 40.9 Å². The van der Waals surface area contributed by atoms with E-state index in [9.17, 15) is 19.0 Å². The van der Waals surface area contributed by atoms with E-state index in [2.05, 4.69) is 50.4 Å². The molecule has 0 saturated carbocycles. The Kier molecular flexibility index (Phi) is 46.6. The number of hydrogen-bond donors (Lipinski definition) is 2. The second-order valence-corrected chi connectivity index (χ2v) is 21.9. The van der Waals surface area contributed by atoms with Crippen LogP contribution in [0.2, 0.25) is 0 Å². The number of unbranched alkanes of at least 4 members (excludes halogenated alkanes) is 31. The maximum Gasteiger partial charge on any atom is 0.472 e. The average Bonchev–Trinajstić information content (AvgIpc) is 3.28. The van der Waals surface area contributed by atoms with Crippen LogP contribution in [0.1, 0.15) is 265 Å². The Bertz CT molecular complexity index is 1250. The largest absolute Gasteiger partial charge is 0.472 e. The number of carbonyl (C=O) groups excluding carboxylic acids is 2. The molecular formula is C57H110N2O7P+. The Morgan fingerprint density at radius 2 is 0.866 bits per heavy atom. The molecule has 0 aromatic carbocycles. The average molecular weight is 966 g/mol. The highest BCUT2D eigenvalue weighted by Gasteiger charge is 2.30. The SMILES string of the molecule is CCCCCC/C=C\CCCCCCCCCC(=O)NC(COP(=O)(O)OCC[N+](C)(C)C)C(/C=C/CCCCCCCCCCCC)OC(=O)CCCCC/C=C\CCCCCCCCC. The molecule has 0 aromatic heterocycles. The van der Waals surface area contributed by atoms with Crippen molar-refractivity contribution < 1.29 is 37.3 Å². The molecule has 0 rings (SSSR count). The molecular weight excluding hydrogens is 856 g/mol. The van der Waals surface area contributed by atoms with E-state index in [0.29, 0.717) is 17.4 Å². The smallest absolute Gasteiger partial charge is 0.456 e. The summed E-state index contributed by atoms with van der Waals surface area (Å²) >= 11 is 0. The van der Waals surface area contributed by atoms with Crippen molar-refractivity contribution in [2.24, 2.45) is 0 Å². The van der Waals surface area contributed by atoms with Gasteiger partial charge in [0, 0.05) is 12.8 Å². The van der Waals surface area contributed by atoms with Crippen molar-refractivity contribution in [1.82, 2.24) is 5.32 Å². The molecule has 0 heterocycles. The van der Waals surface area contributed by atoms with Gasteiger partial charge in [0.2, 0.25) is 5.91 Å². The van der Waals surface area contributed by atoms with E-state index in [1.165, 1.54) is 148 Å². The number of likely N-dealkylation sites (N-methyl/N-ethyl adjacent to an activating group) is 1. The van der Waals surface area contributed by atoms with Crippen molar-refractivity contribution in [3.63, 3.8) is 0 Å². The van der Waals surface area contributed by atoms with Gasteiger partial charge in [-0.3, -0.25) is 18.6 Å². The van der Waals surface area contributed by atoms with Crippen LogP contribution in [0.15, 0.2) is 36.5 Å². The summed E-state index contributed by atoms with van der Waals surface area (Å²) < 4.78 is 30.6. The Morgan fingerprint density at radius 3 is 1.30 bits per heavy atom. The minimum atomic E-state index is -4.44. The highest BCUT2D eigenvalue weighted by molar-refractivity contribution is 7.47. The summed E-state index contributed by atoms with van der Waals surface area (Å²) in [6, 6.07) is -0.852. The van der Waals surface area contributed by atoms with Crippen LogP contribution in [0.4, 0.5) is 0 Å². The lowest BCUT2D eigenvalue weighted by molar-refractivity contribution is -0.870. The molecule has 0 saturated heterocycles. The molecule has 9 nitrogen and oxygen atoms in total. The topological polar surface area (TPSA) is 111 Å². The molecule has 0 fully saturated rings. The first kappa shape index (κ1) is 65.2. The number of quaternary nitrogens is 1. The maximum absolute atomic E-state index is 13.5. The van der Waals surface area contributed by atoms with Crippen LogP contribution in [0, 0.1) is 0 Å². The molecule has 0 bridgehead atoms. The first-order valence-corrected chi connectivity index (χ1v) is 29.8. The summed E-state index contributed by atoms with van der Waals surface area (Å²) in [7, 11) is 1.49.